The van der Waals surface area contributed by atoms with Gasteiger partial charge in [-0.05, 0) is 25.8 Å². The second-order valence-electron chi connectivity index (χ2n) is 4.17. The van der Waals surface area contributed by atoms with Crippen LogP contribution in [0.15, 0.2) is 0 Å². The molecule has 3 N–H and O–H groups in total. The van der Waals surface area contributed by atoms with Gasteiger partial charge in [0.1, 0.15) is 0 Å². The van der Waals surface area contributed by atoms with Crippen LogP contribution >= 0.6 is 0 Å². The summed E-state index contributed by atoms with van der Waals surface area (Å²) in [5.74, 6) is 0.633. The summed E-state index contributed by atoms with van der Waals surface area (Å²) in [6, 6.07) is 0. The summed E-state index contributed by atoms with van der Waals surface area (Å²) in [5.41, 5.74) is 0. The molecule has 0 aliphatic carbocycles. The number of aliphatic hydroxyl groups excluding tert-OH is 1. The van der Waals surface area contributed by atoms with Crippen LogP contribution in [0.2, 0.25) is 0 Å². The third-order valence-corrected chi connectivity index (χ3v) is 2.72. The number of rotatable bonds is 4. The maximum Gasteiger partial charge on any atom is 0.224 e. The van der Waals surface area contributed by atoms with E-state index in [2.05, 4.69) is 17.6 Å². The fraction of sp³-hybridized carbons (Fsp3) is 0.900. The van der Waals surface area contributed by atoms with Crippen LogP contribution in [-0.2, 0) is 4.79 Å². The lowest BCUT2D eigenvalue weighted by Gasteiger charge is -2.14. The maximum atomic E-state index is 11.6. The van der Waals surface area contributed by atoms with E-state index in [4.69, 9.17) is 5.11 Å². The lowest BCUT2D eigenvalue weighted by atomic mass is 9.97. The molecule has 0 saturated carbocycles. The molecule has 1 heterocycles. The minimum atomic E-state index is -0.338. The Bertz CT molecular complexity index is 195. The summed E-state index contributed by atoms with van der Waals surface area (Å²) in [6.07, 6.45) is 0.287. The quantitative estimate of drug-likeness (QED) is 0.585. The Morgan fingerprint density at radius 1 is 1.64 bits per heavy atom. The summed E-state index contributed by atoms with van der Waals surface area (Å²) >= 11 is 0. The normalized spacial score (nSPS) is 28.8. The predicted molar refractivity (Wildman–Crippen MR) is 54.8 cm³/mol. The van der Waals surface area contributed by atoms with Gasteiger partial charge in [-0.3, -0.25) is 4.79 Å². The molecular weight excluding hydrogens is 180 g/mol. The molecule has 1 saturated heterocycles. The van der Waals surface area contributed by atoms with E-state index in [0.29, 0.717) is 18.9 Å². The van der Waals surface area contributed by atoms with Gasteiger partial charge in [0, 0.05) is 13.1 Å². The zero-order valence-electron chi connectivity index (χ0n) is 8.92. The third-order valence-electron chi connectivity index (χ3n) is 2.72. The Kier molecular flexibility index (Phi) is 4.35. The van der Waals surface area contributed by atoms with Crippen molar-refractivity contribution in [3.8, 4) is 0 Å². The van der Waals surface area contributed by atoms with Gasteiger partial charge in [-0.2, -0.15) is 0 Å². The molecule has 82 valence electrons. The smallest absolute Gasteiger partial charge is 0.224 e. The van der Waals surface area contributed by atoms with Crippen LogP contribution in [0.25, 0.3) is 0 Å². The second-order valence-corrected chi connectivity index (χ2v) is 4.17. The summed E-state index contributed by atoms with van der Waals surface area (Å²) in [5, 5.41) is 15.1. The third kappa shape index (κ3) is 3.27. The van der Waals surface area contributed by atoms with Crippen molar-refractivity contribution in [1.29, 1.82) is 0 Å². The monoisotopic (exact) mass is 200 g/mol. The lowest BCUT2D eigenvalue weighted by Crippen LogP contribution is -2.35. The Balaban J connectivity index is 2.21. The van der Waals surface area contributed by atoms with Crippen LogP contribution in [0.3, 0.4) is 0 Å². The van der Waals surface area contributed by atoms with E-state index in [1.165, 1.54) is 0 Å². The summed E-state index contributed by atoms with van der Waals surface area (Å²) in [6.45, 7) is 6.08. The average Bonchev–Trinajstić information content (AvgIpc) is 2.50. The van der Waals surface area contributed by atoms with Gasteiger partial charge >= 0.3 is 0 Å². The highest BCUT2D eigenvalue weighted by molar-refractivity contribution is 5.79. The van der Waals surface area contributed by atoms with Crippen molar-refractivity contribution in [3.05, 3.63) is 0 Å². The molecule has 4 nitrogen and oxygen atoms in total. The largest absolute Gasteiger partial charge is 0.393 e. The molecular formula is C10H20N2O2. The molecule has 1 unspecified atom stereocenters. The fourth-order valence-electron chi connectivity index (χ4n) is 1.70. The highest BCUT2D eigenvalue weighted by Gasteiger charge is 2.28. The molecule has 0 spiro atoms. The number of carbonyl (C=O) groups excluding carboxylic acids is 1. The van der Waals surface area contributed by atoms with Gasteiger partial charge in [0.15, 0.2) is 0 Å². The molecule has 14 heavy (non-hydrogen) atoms. The summed E-state index contributed by atoms with van der Waals surface area (Å²) in [4.78, 5) is 11.6. The molecule has 4 heteroatoms. The Labute approximate surface area is 85.1 Å². The lowest BCUT2D eigenvalue weighted by molar-refractivity contribution is -0.125. The van der Waals surface area contributed by atoms with Gasteiger partial charge in [-0.25, -0.2) is 0 Å². The minimum Gasteiger partial charge on any atom is -0.393 e. The first kappa shape index (κ1) is 11.5. The van der Waals surface area contributed by atoms with Crippen LogP contribution in [0.4, 0.5) is 0 Å². The number of hydrogen-bond donors (Lipinski definition) is 3. The minimum absolute atomic E-state index is 0.101. The van der Waals surface area contributed by atoms with E-state index >= 15 is 0 Å². The zero-order valence-corrected chi connectivity index (χ0v) is 8.92. The van der Waals surface area contributed by atoms with Crippen molar-refractivity contribution < 1.29 is 9.90 Å². The second kappa shape index (κ2) is 5.32. The van der Waals surface area contributed by atoms with Gasteiger partial charge in [0.25, 0.3) is 0 Å². The number of aliphatic hydroxyl groups is 1. The maximum absolute atomic E-state index is 11.6. The van der Waals surface area contributed by atoms with Gasteiger partial charge in [0.05, 0.1) is 12.0 Å². The van der Waals surface area contributed by atoms with Crippen LogP contribution in [-0.4, -0.2) is 36.8 Å². The van der Waals surface area contributed by atoms with Crippen LogP contribution < -0.4 is 10.6 Å². The molecule has 1 aliphatic heterocycles. The van der Waals surface area contributed by atoms with Gasteiger partial charge in [-0.15, -0.1) is 0 Å². The first-order valence-corrected chi connectivity index (χ1v) is 5.27. The highest BCUT2D eigenvalue weighted by atomic mass is 16.3. The molecule has 0 radical (unpaired) electrons. The van der Waals surface area contributed by atoms with E-state index < -0.39 is 0 Å². The molecule has 1 fully saturated rings. The van der Waals surface area contributed by atoms with Crippen molar-refractivity contribution in [1.82, 2.24) is 10.6 Å². The number of amides is 1. The van der Waals surface area contributed by atoms with Crippen molar-refractivity contribution in [2.24, 2.45) is 11.8 Å². The van der Waals surface area contributed by atoms with E-state index in [1.54, 1.807) is 6.92 Å². The predicted octanol–water partition coefficient (Wildman–Crippen LogP) is -0.271. The fourth-order valence-corrected chi connectivity index (χ4v) is 1.70. The molecule has 0 aromatic heterocycles. The molecule has 0 aromatic carbocycles. The van der Waals surface area contributed by atoms with Crippen molar-refractivity contribution in [3.63, 3.8) is 0 Å². The Morgan fingerprint density at radius 3 is 2.86 bits per heavy atom. The van der Waals surface area contributed by atoms with E-state index in [1.807, 2.05) is 0 Å². The van der Waals surface area contributed by atoms with E-state index in [-0.39, 0.29) is 17.9 Å². The van der Waals surface area contributed by atoms with E-state index in [9.17, 15) is 4.79 Å². The first-order chi connectivity index (χ1) is 6.61. The highest BCUT2D eigenvalue weighted by Crippen LogP contribution is 2.15. The van der Waals surface area contributed by atoms with Crippen LogP contribution in [0.1, 0.15) is 20.3 Å². The number of hydrogen-bond acceptors (Lipinski definition) is 3. The van der Waals surface area contributed by atoms with Gasteiger partial charge in [-0.1, -0.05) is 6.92 Å². The van der Waals surface area contributed by atoms with Crippen LogP contribution in [0.5, 0.6) is 0 Å². The SMILES string of the molecule is CC(O)CCNC(=O)[C@@H]1CNC[C@H]1C. The Hall–Kier alpha value is -0.610. The zero-order chi connectivity index (χ0) is 10.6. The molecule has 1 rings (SSSR count). The van der Waals surface area contributed by atoms with Crippen LogP contribution in [0, 0.1) is 11.8 Å². The molecule has 1 amide bonds. The molecule has 1 aliphatic rings. The van der Waals surface area contributed by atoms with Crippen molar-refractivity contribution in [2.75, 3.05) is 19.6 Å². The first-order valence-electron chi connectivity index (χ1n) is 5.27. The summed E-state index contributed by atoms with van der Waals surface area (Å²) in [7, 11) is 0. The molecule has 3 atom stereocenters. The summed E-state index contributed by atoms with van der Waals surface area (Å²) < 4.78 is 0. The van der Waals surface area contributed by atoms with Crippen molar-refractivity contribution >= 4 is 5.91 Å². The standard InChI is InChI=1S/C10H20N2O2/c1-7-5-11-6-9(7)10(14)12-4-3-8(2)13/h7-9,11,13H,3-6H2,1-2H3,(H,12,14)/t7-,8?,9-/m1/s1. The molecule has 0 aromatic rings. The van der Waals surface area contributed by atoms with Crippen molar-refractivity contribution in [2.45, 2.75) is 26.4 Å². The topological polar surface area (TPSA) is 61.4 Å². The number of carbonyl (C=O) groups is 1. The molecule has 0 bridgehead atoms. The van der Waals surface area contributed by atoms with Gasteiger partial charge in [0.2, 0.25) is 5.91 Å². The Morgan fingerprint density at radius 2 is 2.36 bits per heavy atom. The average molecular weight is 200 g/mol. The van der Waals surface area contributed by atoms with E-state index in [0.717, 1.165) is 13.1 Å². The number of nitrogens with one attached hydrogen (secondary N) is 2. The van der Waals surface area contributed by atoms with Gasteiger partial charge < -0.3 is 15.7 Å².